The molecule has 1 saturated carbocycles. The van der Waals surface area contributed by atoms with E-state index in [-0.39, 0.29) is 23.8 Å². The summed E-state index contributed by atoms with van der Waals surface area (Å²) in [5.74, 6) is 1.49. The molecule has 2 aromatic heterocycles. The number of fused-ring (bicyclic) bond motifs is 1. The Bertz CT molecular complexity index is 1210. The highest BCUT2D eigenvalue weighted by Crippen LogP contribution is 2.28. The van der Waals surface area contributed by atoms with Gasteiger partial charge in [0, 0.05) is 24.2 Å². The van der Waals surface area contributed by atoms with Crippen LogP contribution in [0.4, 0.5) is 5.82 Å². The van der Waals surface area contributed by atoms with Crippen LogP contribution in [-0.2, 0) is 0 Å². The van der Waals surface area contributed by atoms with Crippen LogP contribution >= 0.6 is 0 Å². The third kappa shape index (κ3) is 6.17. The fourth-order valence-corrected chi connectivity index (χ4v) is 4.72. The molecule has 0 spiro atoms. The van der Waals surface area contributed by atoms with Gasteiger partial charge in [-0.05, 0) is 49.9 Å². The molecule has 4 N–H and O–H groups in total. The summed E-state index contributed by atoms with van der Waals surface area (Å²) >= 11 is 0. The fraction of sp³-hybridized carbons (Fsp3) is 0.464. The smallest absolute Gasteiger partial charge is 0.289 e. The first kappa shape index (κ1) is 25.5. The van der Waals surface area contributed by atoms with Gasteiger partial charge in [0.2, 0.25) is 5.82 Å². The van der Waals surface area contributed by atoms with Crippen molar-refractivity contribution in [3.63, 3.8) is 0 Å². The summed E-state index contributed by atoms with van der Waals surface area (Å²) in [6, 6.07) is 11.7. The minimum Gasteiger partial charge on any atom is -0.382 e. The zero-order chi connectivity index (χ0) is 25.5. The number of benzene rings is 1. The third-order valence-corrected chi connectivity index (χ3v) is 7.04. The maximum Gasteiger partial charge on any atom is 0.289 e. The molecule has 3 aromatic rings. The number of pyridine rings is 1. The molecule has 0 bridgehead atoms. The van der Waals surface area contributed by atoms with Crippen molar-refractivity contribution in [2.24, 2.45) is 16.6 Å². The number of hydrogen-bond donors (Lipinski definition) is 3. The lowest BCUT2D eigenvalue weighted by Crippen LogP contribution is -2.37. The topological polar surface area (TPSA) is 118 Å². The van der Waals surface area contributed by atoms with Gasteiger partial charge in [0.15, 0.2) is 0 Å². The Morgan fingerprint density at radius 2 is 1.94 bits per heavy atom. The summed E-state index contributed by atoms with van der Waals surface area (Å²) in [4.78, 5) is 31.5. The van der Waals surface area contributed by atoms with Gasteiger partial charge >= 0.3 is 0 Å². The molecule has 36 heavy (non-hydrogen) atoms. The molecule has 2 heterocycles. The Labute approximate surface area is 213 Å². The van der Waals surface area contributed by atoms with Crippen molar-refractivity contribution in [2.45, 2.75) is 71.4 Å². The van der Waals surface area contributed by atoms with E-state index in [1.54, 1.807) is 6.20 Å². The molecule has 2 atom stereocenters. The third-order valence-electron chi connectivity index (χ3n) is 7.04. The highest BCUT2D eigenvalue weighted by Gasteiger charge is 2.27. The van der Waals surface area contributed by atoms with Crippen LogP contribution in [0.15, 0.2) is 47.6 Å². The summed E-state index contributed by atoms with van der Waals surface area (Å²) in [6.45, 7) is 6.94. The van der Waals surface area contributed by atoms with Crippen LogP contribution in [0, 0.1) is 12.8 Å². The Hall–Kier alpha value is -3.55. The zero-order valence-electron chi connectivity index (χ0n) is 21.5. The first-order valence-electron chi connectivity index (χ1n) is 13.1. The van der Waals surface area contributed by atoms with Crippen LogP contribution in [-0.4, -0.2) is 45.3 Å². The lowest BCUT2D eigenvalue weighted by atomic mass is 9.90. The predicted octanol–water partition coefficient (Wildman–Crippen LogP) is 4.63. The number of aliphatic imine (C=N–C) groups is 1. The number of rotatable bonds is 9. The van der Waals surface area contributed by atoms with Gasteiger partial charge in [0.05, 0.1) is 11.6 Å². The van der Waals surface area contributed by atoms with Gasteiger partial charge < -0.3 is 16.4 Å². The highest BCUT2D eigenvalue weighted by molar-refractivity contribution is 5.97. The number of aryl methyl sites for hydroxylation is 1. The minimum absolute atomic E-state index is 0.0114. The van der Waals surface area contributed by atoms with E-state index < -0.39 is 0 Å². The Kier molecular flexibility index (Phi) is 8.46. The largest absolute Gasteiger partial charge is 0.382 e. The van der Waals surface area contributed by atoms with E-state index in [0.29, 0.717) is 29.8 Å². The molecule has 1 fully saturated rings. The van der Waals surface area contributed by atoms with E-state index in [1.807, 2.05) is 37.3 Å². The number of amides is 1. The van der Waals surface area contributed by atoms with Gasteiger partial charge in [-0.2, -0.15) is 0 Å². The number of nitrogens with one attached hydrogen (secondary N) is 2. The number of amidine groups is 1. The maximum absolute atomic E-state index is 13.0. The number of carbonyl (C=O) groups is 1. The molecular weight excluding hydrogens is 450 g/mol. The van der Waals surface area contributed by atoms with Gasteiger partial charge in [-0.25, -0.2) is 9.97 Å². The van der Waals surface area contributed by atoms with Gasteiger partial charge in [0.1, 0.15) is 17.3 Å². The summed E-state index contributed by atoms with van der Waals surface area (Å²) in [5, 5.41) is 7.55. The molecule has 1 aromatic carbocycles. The number of carbonyl (C=O) groups excluding carboxylic acids is 1. The van der Waals surface area contributed by atoms with Crippen molar-refractivity contribution in [3.8, 4) is 0 Å². The van der Waals surface area contributed by atoms with Crippen molar-refractivity contribution >= 4 is 28.5 Å². The monoisotopic (exact) mass is 487 g/mol. The van der Waals surface area contributed by atoms with Crippen molar-refractivity contribution < 1.29 is 4.79 Å². The van der Waals surface area contributed by atoms with Crippen LogP contribution < -0.4 is 16.4 Å². The second kappa shape index (κ2) is 11.9. The molecule has 1 aliphatic carbocycles. The number of anilines is 1. The van der Waals surface area contributed by atoms with Crippen molar-refractivity contribution in [1.29, 1.82) is 0 Å². The predicted molar refractivity (Wildman–Crippen MR) is 145 cm³/mol. The molecule has 8 heteroatoms. The van der Waals surface area contributed by atoms with Gasteiger partial charge in [-0.15, -0.1) is 0 Å². The van der Waals surface area contributed by atoms with E-state index in [1.165, 1.54) is 0 Å². The number of hydrogen-bond acceptors (Lipinski definition) is 6. The maximum atomic E-state index is 13.0. The quantitative estimate of drug-likeness (QED) is 0.299. The SMILES string of the molecule is CCC(CC)CNC(=O)c1nc(N[C@H]2CCCC[C@H]2N=C(N)c2ccccn2)c2cc(C)ccc2n1. The molecule has 190 valence electrons. The second-order valence-corrected chi connectivity index (χ2v) is 9.64. The molecule has 0 aliphatic heterocycles. The fourth-order valence-electron chi connectivity index (χ4n) is 4.72. The van der Waals surface area contributed by atoms with Crippen LogP contribution in [0.2, 0.25) is 0 Å². The Morgan fingerprint density at radius 1 is 1.14 bits per heavy atom. The Balaban J connectivity index is 1.63. The van der Waals surface area contributed by atoms with Crippen molar-refractivity contribution in [1.82, 2.24) is 20.3 Å². The lowest BCUT2D eigenvalue weighted by Gasteiger charge is -2.30. The molecule has 0 saturated heterocycles. The number of aromatic nitrogens is 3. The van der Waals surface area contributed by atoms with Crippen molar-refractivity contribution in [3.05, 3.63) is 59.7 Å². The van der Waals surface area contributed by atoms with Crippen LogP contribution in [0.5, 0.6) is 0 Å². The summed E-state index contributed by atoms with van der Waals surface area (Å²) in [7, 11) is 0. The van der Waals surface area contributed by atoms with Crippen molar-refractivity contribution in [2.75, 3.05) is 11.9 Å². The van der Waals surface area contributed by atoms with E-state index in [4.69, 9.17) is 15.7 Å². The summed E-state index contributed by atoms with van der Waals surface area (Å²) < 4.78 is 0. The normalized spacial score (nSPS) is 18.4. The van der Waals surface area contributed by atoms with E-state index >= 15 is 0 Å². The molecule has 1 aliphatic rings. The van der Waals surface area contributed by atoms with Crippen LogP contribution in [0.1, 0.15) is 74.2 Å². The van der Waals surface area contributed by atoms with E-state index in [2.05, 4.69) is 40.5 Å². The molecular formula is C28H37N7O. The molecule has 1 amide bonds. The average Bonchev–Trinajstić information content (AvgIpc) is 2.90. The Morgan fingerprint density at radius 3 is 2.69 bits per heavy atom. The van der Waals surface area contributed by atoms with Crippen LogP contribution in [0.25, 0.3) is 10.9 Å². The average molecular weight is 488 g/mol. The second-order valence-electron chi connectivity index (χ2n) is 9.64. The van der Waals surface area contributed by atoms with Gasteiger partial charge in [0.25, 0.3) is 5.91 Å². The highest BCUT2D eigenvalue weighted by atomic mass is 16.2. The minimum atomic E-state index is -0.245. The van der Waals surface area contributed by atoms with E-state index in [9.17, 15) is 4.79 Å². The van der Waals surface area contributed by atoms with Crippen LogP contribution in [0.3, 0.4) is 0 Å². The standard InChI is InChI=1S/C28H37N7O/c1-4-19(5-2)17-31-28(36)27-33-21-14-13-18(3)16-20(21)26(35-27)34-23-11-7-6-10-22(23)32-25(29)24-12-8-9-15-30-24/h8-9,12-16,19,22-23H,4-7,10-11,17H2,1-3H3,(H2,29,32)(H,31,36)(H,33,34,35)/t22-,23+/m1/s1. The summed E-state index contributed by atoms with van der Waals surface area (Å²) in [5.41, 5.74) is 8.85. The molecule has 4 rings (SSSR count). The zero-order valence-corrected chi connectivity index (χ0v) is 21.5. The van der Waals surface area contributed by atoms with E-state index in [0.717, 1.165) is 55.0 Å². The summed E-state index contributed by atoms with van der Waals surface area (Å²) in [6.07, 6.45) is 7.82. The molecule has 0 radical (unpaired) electrons. The number of nitrogens with two attached hydrogens (primary N) is 1. The number of nitrogens with zero attached hydrogens (tertiary/aromatic N) is 4. The lowest BCUT2D eigenvalue weighted by molar-refractivity contribution is 0.0936. The first-order valence-corrected chi connectivity index (χ1v) is 13.1. The van der Waals surface area contributed by atoms with Gasteiger partial charge in [-0.3, -0.25) is 14.8 Å². The van der Waals surface area contributed by atoms with Gasteiger partial charge in [-0.1, -0.05) is 57.2 Å². The first-order chi connectivity index (χ1) is 17.5. The molecule has 0 unspecified atom stereocenters. The molecule has 8 nitrogen and oxygen atoms in total.